The standard InChI is InChI=1S/C12H13N5O2S/c1-7-10(11(18)17(16-7)12(13)20)15-14-8-3-5-9(19-2)6-4-8/h3-6,10H,1-2H3,(H2,13,20). The van der Waals surface area contributed by atoms with Gasteiger partial charge in [-0.2, -0.15) is 20.3 Å². The van der Waals surface area contributed by atoms with E-state index >= 15 is 0 Å². The van der Waals surface area contributed by atoms with E-state index in [0.29, 0.717) is 11.4 Å². The van der Waals surface area contributed by atoms with Gasteiger partial charge in [0.15, 0.2) is 11.2 Å². The molecule has 1 unspecified atom stereocenters. The predicted molar refractivity (Wildman–Crippen MR) is 78.0 cm³/mol. The lowest BCUT2D eigenvalue weighted by molar-refractivity contribution is -0.126. The van der Waals surface area contributed by atoms with Crippen LogP contribution in [0, 0.1) is 0 Å². The molecule has 0 aromatic heterocycles. The SMILES string of the molecule is COc1ccc(N=NC2C(=O)N(C(N)=S)N=C2C)cc1. The molecule has 0 saturated carbocycles. The molecule has 1 heterocycles. The third kappa shape index (κ3) is 2.80. The molecule has 8 heteroatoms. The zero-order valence-corrected chi connectivity index (χ0v) is 11.8. The normalized spacial score (nSPS) is 18.5. The highest BCUT2D eigenvalue weighted by molar-refractivity contribution is 7.80. The minimum Gasteiger partial charge on any atom is -0.497 e. The summed E-state index contributed by atoms with van der Waals surface area (Å²) in [5.74, 6) is 0.325. The third-order valence-electron chi connectivity index (χ3n) is 2.67. The van der Waals surface area contributed by atoms with Crippen LogP contribution in [-0.4, -0.2) is 34.9 Å². The number of azo groups is 1. The van der Waals surface area contributed by atoms with Gasteiger partial charge < -0.3 is 10.5 Å². The van der Waals surface area contributed by atoms with Gasteiger partial charge in [-0.3, -0.25) is 4.79 Å². The average Bonchev–Trinajstić information content (AvgIpc) is 2.72. The maximum Gasteiger partial charge on any atom is 0.282 e. The molecular weight excluding hydrogens is 278 g/mol. The zero-order valence-electron chi connectivity index (χ0n) is 11.0. The summed E-state index contributed by atoms with van der Waals surface area (Å²) < 4.78 is 5.04. The summed E-state index contributed by atoms with van der Waals surface area (Å²) in [5.41, 5.74) is 6.51. The first-order valence-electron chi connectivity index (χ1n) is 5.76. The minimum absolute atomic E-state index is 0.100. The summed E-state index contributed by atoms with van der Waals surface area (Å²) >= 11 is 4.73. The van der Waals surface area contributed by atoms with E-state index < -0.39 is 11.9 Å². The van der Waals surface area contributed by atoms with Crippen LogP contribution in [0.25, 0.3) is 0 Å². The van der Waals surface area contributed by atoms with Gasteiger partial charge >= 0.3 is 0 Å². The highest BCUT2D eigenvalue weighted by Crippen LogP contribution is 2.20. The van der Waals surface area contributed by atoms with Crippen molar-refractivity contribution in [2.45, 2.75) is 13.0 Å². The van der Waals surface area contributed by atoms with Crippen LogP contribution in [0.5, 0.6) is 5.75 Å². The number of rotatable bonds is 3. The van der Waals surface area contributed by atoms with Crippen molar-refractivity contribution in [3.63, 3.8) is 0 Å². The molecule has 0 aliphatic carbocycles. The van der Waals surface area contributed by atoms with Crippen LogP contribution in [0.2, 0.25) is 0 Å². The Kier molecular flexibility index (Phi) is 4.04. The van der Waals surface area contributed by atoms with Crippen LogP contribution in [0.4, 0.5) is 5.69 Å². The summed E-state index contributed by atoms with van der Waals surface area (Å²) in [6.45, 7) is 1.67. The fourth-order valence-electron chi connectivity index (χ4n) is 1.62. The van der Waals surface area contributed by atoms with E-state index in [-0.39, 0.29) is 5.11 Å². The Labute approximate surface area is 121 Å². The topological polar surface area (TPSA) is 92.6 Å². The lowest BCUT2D eigenvalue weighted by Gasteiger charge is -2.08. The van der Waals surface area contributed by atoms with Crippen LogP contribution < -0.4 is 10.5 Å². The highest BCUT2D eigenvalue weighted by Gasteiger charge is 2.35. The van der Waals surface area contributed by atoms with Crippen molar-refractivity contribution in [2.75, 3.05) is 7.11 Å². The van der Waals surface area contributed by atoms with Crippen LogP contribution in [-0.2, 0) is 4.79 Å². The number of hydrogen-bond acceptors (Lipinski definition) is 6. The van der Waals surface area contributed by atoms with E-state index in [9.17, 15) is 4.79 Å². The molecule has 104 valence electrons. The first-order valence-corrected chi connectivity index (χ1v) is 6.17. The number of hydrogen-bond donors (Lipinski definition) is 1. The second-order valence-corrected chi connectivity index (χ2v) is 4.46. The number of benzene rings is 1. The number of nitrogens with zero attached hydrogens (tertiary/aromatic N) is 4. The smallest absolute Gasteiger partial charge is 0.282 e. The first kappa shape index (κ1) is 14.1. The molecule has 1 amide bonds. The lowest BCUT2D eigenvalue weighted by atomic mass is 10.2. The van der Waals surface area contributed by atoms with E-state index in [1.165, 1.54) is 0 Å². The number of methoxy groups -OCH3 is 1. The summed E-state index contributed by atoms with van der Waals surface area (Å²) in [6.07, 6.45) is 0. The van der Waals surface area contributed by atoms with Crippen LogP contribution in [0.1, 0.15) is 6.92 Å². The molecule has 0 radical (unpaired) electrons. The van der Waals surface area contributed by atoms with Crippen molar-refractivity contribution in [2.24, 2.45) is 21.1 Å². The molecule has 0 fully saturated rings. The van der Waals surface area contributed by atoms with Crippen molar-refractivity contribution in [3.8, 4) is 5.75 Å². The van der Waals surface area contributed by atoms with Gasteiger partial charge in [0.25, 0.3) is 5.91 Å². The molecule has 1 aliphatic heterocycles. The molecule has 0 saturated heterocycles. The van der Waals surface area contributed by atoms with Crippen LogP contribution in [0.3, 0.4) is 0 Å². The number of carbonyl (C=O) groups excluding carboxylic acids is 1. The van der Waals surface area contributed by atoms with E-state index in [1.807, 2.05) is 0 Å². The van der Waals surface area contributed by atoms with Gasteiger partial charge in [-0.15, -0.1) is 0 Å². The molecule has 2 N–H and O–H groups in total. The van der Waals surface area contributed by atoms with Crippen molar-refractivity contribution >= 4 is 34.6 Å². The second kappa shape index (κ2) is 5.74. The molecule has 0 bridgehead atoms. The fourth-order valence-corrected chi connectivity index (χ4v) is 1.75. The van der Waals surface area contributed by atoms with Gasteiger partial charge in [-0.05, 0) is 43.4 Å². The van der Waals surface area contributed by atoms with Crippen LogP contribution in [0.15, 0.2) is 39.6 Å². The summed E-state index contributed by atoms with van der Waals surface area (Å²) in [4.78, 5) is 11.9. The fraction of sp³-hybridized carbons (Fsp3) is 0.250. The summed E-state index contributed by atoms with van der Waals surface area (Å²) in [6, 6.07) is 6.21. The van der Waals surface area contributed by atoms with Gasteiger partial charge in [0.2, 0.25) is 0 Å². The Hall–Kier alpha value is -2.35. The molecule has 1 aromatic carbocycles. The first-order chi connectivity index (χ1) is 9.52. The Morgan fingerprint density at radius 2 is 2.10 bits per heavy atom. The predicted octanol–water partition coefficient (Wildman–Crippen LogP) is 1.61. The molecule has 1 aromatic rings. The van der Waals surface area contributed by atoms with Crippen molar-refractivity contribution in [1.82, 2.24) is 5.01 Å². The van der Waals surface area contributed by atoms with Gasteiger partial charge in [0.05, 0.1) is 18.5 Å². The molecule has 1 aliphatic rings. The number of ether oxygens (including phenoxy) is 1. The number of carbonyl (C=O) groups is 1. The molecule has 7 nitrogen and oxygen atoms in total. The van der Waals surface area contributed by atoms with E-state index in [0.717, 1.165) is 10.8 Å². The Morgan fingerprint density at radius 1 is 1.45 bits per heavy atom. The largest absolute Gasteiger partial charge is 0.497 e. The highest BCUT2D eigenvalue weighted by atomic mass is 32.1. The second-order valence-electron chi connectivity index (χ2n) is 4.05. The monoisotopic (exact) mass is 291 g/mol. The Morgan fingerprint density at radius 3 is 2.60 bits per heavy atom. The molecule has 2 rings (SSSR count). The number of thiocarbonyl (C=S) groups is 1. The maximum absolute atomic E-state index is 11.9. The summed E-state index contributed by atoms with van der Waals surface area (Å²) in [5, 5.41) is 12.8. The van der Waals surface area contributed by atoms with Gasteiger partial charge in [-0.25, -0.2) is 0 Å². The van der Waals surface area contributed by atoms with Gasteiger partial charge in [0, 0.05) is 0 Å². The van der Waals surface area contributed by atoms with Crippen LogP contribution >= 0.6 is 12.2 Å². The molecular formula is C12H13N5O2S. The number of hydrazone groups is 1. The zero-order chi connectivity index (χ0) is 14.7. The number of nitrogens with two attached hydrogens (primary N) is 1. The number of amides is 1. The molecule has 20 heavy (non-hydrogen) atoms. The van der Waals surface area contributed by atoms with Gasteiger partial charge in [0.1, 0.15) is 5.75 Å². The summed E-state index contributed by atoms with van der Waals surface area (Å²) in [7, 11) is 1.58. The van der Waals surface area contributed by atoms with E-state index in [4.69, 9.17) is 22.7 Å². The van der Waals surface area contributed by atoms with Crippen molar-refractivity contribution < 1.29 is 9.53 Å². The maximum atomic E-state index is 11.9. The van der Waals surface area contributed by atoms with E-state index in [2.05, 4.69) is 15.3 Å². The molecule has 0 spiro atoms. The Bertz CT molecular complexity index is 596. The third-order valence-corrected chi connectivity index (χ3v) is 2.84. The lowest BCUT2D eigenvalue weighted by Crippen LogP contribution is -2.37. The van der Waals surface area contributed by atoms with Crippen molar-refractivity contribution in [3.05, 3.63) is 24.3 Å². The molecule has 1 atom stereocenters. The van der Waals surface area contributed by atoms with Gasteiger partial charge in [-0.1, -0.05) is 0 Å². The average molecular weight is 291 g/mol. The Balaban J connectivity index is 2.13. The quantitative estimate of drug-likeness (QED) is 0.676. The minimum atomic E-state index is -0.779. The van der Waals surface area contributed by atoms with E-state index in [1.54, 1.807) is 38.3 Å². The van der Waals surface area contributed by atoms with Crippen molar-refractivity contribution in [1.29, 1.82) is 0 Å².